The summed E-state index contributed by atoms with van der Waals surface area (Å²) in [5.41, 5.74) is 7.22. The zero-order chi connectivity index (χ0) is 18.1. The second-order valence-electron chi connectivity index (χ2n) is 8.11. The normalized spacial score (nSPS) is 18.7. The van der Waals surface area contributed by atoms with Gasteiger partial charge < -0.3 is 0 Å². The lowest BCUT2D eigenvalue weighted by atomic mass is 9.89. The third-order valence-corrected chi connectivity index (χ3v) is 6.47. The van der Waals surface area contributed by atoms with Crippen molar-refractivity contribution in [3.8, 4) is 0 Å². The lowest BCUT2D eigenvalue weighted by Gasteiger charge is -2.36. The van der Waals surface area contributed by atoms with Gasteiger partial charge in [0.2, 0.25) is 0 Å². The van der Waals surface area contributed by atoms with Crippen LogP contribution >= 0.6 is 0 Å². The third kappa shape index (κ3) is 3.44. The molecule has 0 saturated carbocycles. The molecule has 2 aliphatic rings. The van der Waals surface area contributed by atoms with Gasteiger partial charge >= 0.3 is 0 Å². The van der Waals surface area contributed by atoms with Crippen LogP contribution in [0.15, 0.2) is 60.8 Å². The van der Waals surface area contributed by atoms with Gasteiger partial charge in [-0.05, 0) is 61.0 Å². The predicted octanol–water partition coefficient (Wildman–Crippen LogP) is 4.35. The average Bonchev–Trinajstić information content (AvgIpc) is 3.36. The molecule has 3 aromatic rings. The first-order valence-electron chi connectivity index (χ1n) is 10.2. The Kier molecular flexibility index (Phi) is 4.54. The standard InChI is InChI=1S/C24H27N3/c1-2-6-18(7-3-1)14-22-17-25-26-24(22)19-10-12-27(13-11-19)23-15-20-8-4-5-9-21(20)16-23/h1-9,17,19,23H,10-16H2,(H,25,26). The summed E-state index contributed by atoms with van der Waals surface area (Å²) in [6, 6.07) is 20.4. The van der Waals surface area contributed by atoms with Crippen molar-refractivity contribution in [2.45, 2.75) is 44.1 Å². The van der Waals surface area contributed by atoms with Gasteiger partial charge in [0, 0.05) is 24.1 Å². The van der Waals surface area contributed by atoms with Gasteiger partial charge in [-0.25, -0.2) is 0 Å². The number of aromatic amines is 1. The number of fused-ring (bicyclic) bond motifs is 1. The van der Waals surface area contributed by atoms with E-state index in [0.29, 0.717) is 12.0 Å². The Labute approximate surface area is 161 Å². The second-order valence-corrected chi connectivity index (χ2v) is 8.11. The van der Waals surface area contributed by atoms with Crippen molar-refractivity contribution in [3.63, 3.8) is 0 Å². The molecular formula is C24H27N3. The van der Waals surface area contributed by atoms with Crippen LogP contribution in [0.1, 0.15) is 46.7 Å². The number of hydrogen-bond acceptors (Lipinski definition) is 2. The number of piperidine rings is 1. The van der Waals surface area contributed by atoms with Gasteiger partial charge in [0.25, 0.3) is 0 Å². The Morgan fingerprint density at radius 2 is 1.56 bits per heavy atom. The first kappa shape index (κ1) is 16.8. The zero-order valence-corrected chi connectivity index (χ0v) is 15.8. The van der Waals surface area contributed by atoms with Crippen molar-refractivity contribution >= 4 is 0 Å². The van der Waals surface area contributed by atoms with Crippen LogP contribution in [0.4, 0.5) is 0 Å². The molecule has 1 aliphatic heterocycles. The summed E-state index contributed by atoms with van der Waals surface area (Å²) in [6.45, 7) is 2.40. The molecule has 138 valence electrons. The predicted molar refractivity (Wildman–Crippen MR) is 109 cm³/mol. The molecule has 5 rings (SSSR count). The van der Waals surface area contributed by atoms with Crippen molar-refractivity contribution in [2.75, 3.05) is 13.1 Å². The van der Waals surface area contributed by atoms with E-state index in [2.05, 4.69) is 69.7 Å². The molecule has 2 aromatic carbocycles. The third-order valence-electron chi connectivity index (χ3n) is 6.47. The summed E-state index contributed by atoms with van der Waals surface area (Å²) in [5.74, 6) is 0.617. The Bertz CT molecular complexity index is 866. The largest absolute Gasteiger partial charge is 0.300 e. The van der Waals surface area contributed by atoms with E-state index in [4.69, 9.17) is 0 Å². The minimum atomic E-state index is 0.617. The van der Waals surface area contributed by atoms with E-state index in [1.807, 2.05) is 6.20 Å². The number of H-pyrrole nitrogens is 1. The molecule has 27 heavy (non-hydrogen) atoms. The van der Waals surface area contributed by atoms with Gasteiger partial charge in [-0.2, -0.15) is 5.10 Å². The maximum atomic E-state index is 4.38. The highest BCUT2D eigenvalue weighted by Gasteiger charge is 2.31. The minimum absolute atomic E-state index is 0.617. The summed E-state index contributed by atoms with van der Waals surface area (Å²) in [4.78, 5) is 2.73. The van der Waals surface area contributed by atoms with Gasteiger partial charge in [-0.3, -0.25) is 10.00 Å². The number of aromatic nitrogens is 2. The van der Waals surface area contributed by atoms with Crippen molar-refractivity contribution in [2.24, 2.45) is 0 Å². The molecule has 3 heteroatoms. The molecule has 0 atom stereocenters. The van der Waals surface area contributed by atoms with Gasteiger partial charge in [0.05, 0.1) is 6.20 Å². The van der Waals surface area contributed by atoms with E-state index in [9.17, 15) is 0 Å². The van der Waals surface area contributed by atoms with Crippen molar-refractivity contribution in [1.82, 2.24) is 15.1 Å². The molecule has 1 N–H and O–H groups in total. The quantitative estimate of drug-likeness (QED) is 0.753. The molecule has 0 bridgehead atoms. The van der Waals surface area contributed by atoms with Crippen LogP contribution in [-0.2, 0) is 19.3 Å². The van der Waals surface area contributed by atoms with E-state index >= 15 is 0 Å². The topological polar surface area (TPSA) is 31.9 Å². The molecule has 2 heterocycles. The van der Waals surface area contributed by atoms with Crippen LogP contribution in [-0.4, -0.2) is 34.2 Å². The van der Waals surface area contributed by atoms with Crippen molar-refractivity contribution in [3.05, 3.63) is 88.7 Å². The summed E-state index contributed by atoms with van der Waals surface area (Å²) < 4.78 is 0. The fourth-order valence-corrected chi connectivity index (χ4v) is 4.98. The lowest BCUT2D eigenvalue weighted by Crippen LogP contribution is -2.41. The molecule has 1 aromatic heterocycles. The number of rotatable bonds is 4. The van der Waals surface area contributed by atoms with Gasteiger partial charge in [-0.1, -0.05) is 54.6 Å². The molecule has 3 nitrogen and oxygen atoms in total. The highest BCUT2D eigenvalue weighted by atomic mass is 15.2. The monoisotopic (exact) mass is 357 g/mol. The maximum Gasteiger partial charge on any atom is 0.0525 e. The highest BCUT2D eigenvalue weighted by molar-refractivity contribution is 5.34. The number of nitrogens with zero attached hydrogens (tertiary/aromatic N) is 2. The van der Waals surface area contributed by atoms with Crippen LogP contribution in [0.5, 0.6) is 0 Å². The van der Waals surface area contributed by atoms with Gasteiger partial charge in [-0.15, -0.1) is 0 Å². The fraction of sp³-hybridized carbons (Fsp3) is 0.375. The molecule has 0 amide bonds. The fourth-order valence-electron chi connectivity index (χ4n) is 4.98. The number of benzene rings is 2. The van der Waals surface area contributed by atoms with Gasteiger partial charge in [0.1, 0.15) is 0 Å². The Morgan fingerprint density at radius 3 is 2.26 bits per heavy atom. The smallest absolute Gasteiger partial charge is 0.0525 e. The molecular weight excluding hydrogens is 330 g/mol. The summed E-state index contributed by atoms with van der Waals surface area (Å²) in [7, 11) is 0. The van der Waals surface area contributed by atoms with Crippen molar-refractivity contribution < 1.29 is 0 Å². The van der Waals surface area contributed by atoms with E-state index in [1.165, 1.54) is 55.6 Å². The molecule has 0 spiro atoms. The van der Waals surface area contributed by atoms with E-state index in [1.54, 1.807) is 11.1 Å². The molecule has 1 saturated heterocycles. The van der Waals surface area contributed by atoms with E-state index < -0.39 is 0 Å². The minimum Gasteiger partial charge on any atom is -0.300 e. The first-order chi connectivity index (χ1) is 13.4. The van der Waals surface area contributed by atoms with E-state index in [0.717, 1.165) is 6.42 Å². The first-order valence-corrected chi connectivity index (χ1v) is 10.2. The number of hydrogen-bond donors (Lipinski definition) is 1. The van der Waals surface area contributed by atoms with E-state index in [-0.39, 0.29) is 0 Å². The zero-order valence-electron chi connectivity index (χ0n) is 15.8. The van der Waals surface area contributed by atoms with Crippen molar-refractivity contribution in [1.29, 1.82) is 0 Å². The van der Waals surface area contributed by atoms with Crippen LogP contribution in [0.25, 0.3) is 0 Å². The van der Waals surface area contributed by atoms with Crippen LogP contribution in [0.2, 0.25) is 0 Å². The van der Waals surface area contributed by atoms with Crippen LogP contribution in [0.3, 0.4) is 0 Å². The lowest BCUT2D eigenvalue weighted by molar-refractivity contribution is 0.155. The second kappa shape index (κ2) is 7.32. The van der Waals surface area contributed by atoms with Crippen LogP contribution < -0.4 is 0 Å². The Balaban J connectivity index is 1.22. The summed E-state index contributed by atoms with van der Waals surface area (Å²) in [5, 5.41) is 7.70. The number of nitrogens with one attached hydrogen (secondary N) is 1. The molecule has 1 fully saturated rings. The molecule has 1 aliphatic carbocycles. The highest BCUT2D eigenvalue weighted by Crippen LogP contribution is 2.33. The summed E-state index contributed by atoms with van der Waals surface area (Å²) in [6.07, 6.45) is 7.93. The van der Waals surface area contributed by atoms with Crippen LogP contribution in [0, 0.1) is 0 Å². The maximum absolute atomic E-state index is 4.38. The molecule has 0 unspecified atom stereocenters. The number of likely N-dealkylation sites (tertiary alicyclic amines) is 1. The summed E-state index contributed by atoms with van der Waals surface area (Å²) >= 11 is 0. The molecule has 0 radical (unpaired) electrons. The Hall–Kier alpha value is -2.39. The SMILES string of the molecule is c1ccc(Cc2cn[nH]c2C2CCN(C3Cc4ccccc4C3)CC2)cc1. The van der Waals surface area contributed by atoms with Gasteiger partial charge in [0.15, 0.2) is 0 Å². The Morgan fingerprint density at radius 1 is 0.889 bits per heavy atom. The average molecular weight is 358 g/mol.